The van der Waals surface area contributed by atoms with E-state index in [0.29, 0.717) is 5.25 Å². The molecule has 1 N–H and O–H groups in total. The lowest BCUT2D eigenvalue weighted by Gasteiger charge is -2.04. The molecular weight excluding hydrogens is 186 g/mol. The van der Waals surface area contributed by atoms with Gasteiger partial charge in [0.25, 0.3) is 0 Å². The number of rotatable bonds is 3. The van der Waals surface area contributed by atoms with Gasteiger partial charge in [-0.3, -0.25) is 0 Å². The first kappa shape index (κ1) is 9.12. The zero-order chi connectivity index (χ0) is 9.10. The van der Waals surface area contributed by atoms with E-state index in [4.69, 9.17) is 9.25 Å². The average molecular weight is 199 g/mol. The van der Waals surface area contributed by atoms with Crippen molar-refractivity contribution in [2.75, 3.05) is 13.2 Å². The maximum Gasteiger partial charge on any atom is 0.116 e. The third-order valence-electron chi connectivity index (χ3n) is 2.10. The molecule has 0 spiro atoms. The SMILES string of the molecule is Cc1ccoc1CSC1CNOC1. The third-order valence-corrected chi connectivity index (χ3v) is 3.30. The molecular formula is C9H13NO2S. The van der Waals surface area contributed by atoms with Gasteiger partial charge in [-0.15, -0.1) is 11.8 Å². The molecule has 2 rings (SSSR count). The Kier molecular flexibility index (Phi) is 2.93. The van der Waals surface area contributed by atoms with Crippen molar-refractivity contribution >= 4 is 11.8 Å². The molecule has 1 unspecified atom stereocenters. The van der Waals surface area contributed by atoms with Crippen LogP contribution in [-0.4, -0.2) is 18.4 Å². The smallest absolute Gasteiger partial charge is 0.116 e. The summed E-state index contributed by atoms with van der Waals surface area (Å²) >= 11 is 1.87. The van der Waals surface area contributed by atoms with E-state index in [1.165, 1.54) is 5.56 Å². The van der Waals surface area contributed by atoms with Crippen molar-refractivity contribution in [1.29, 1.82) is 0 Å². The molecule has 0 aromatic carbocycles. The summed E-state index contributed by atoms with van der Waals surface area (Å²) in [6.45, 7) is 3.80. The predicted molar refractivity (Wildman–Crippen MR) is 52.5 cm³/mol. The highest BCUT2D eigenvalue weighted by Crippen LogP contribution is 2.22. The van der Waals surface area contributed by atoms with Gasteiger partial charge in [-0.1, -0.05) is 0 Å². The van der Waals surface area contributed by atoms with Crippen LogP contribution in [0.2, 0.25) is 0 Å². The standard InChI is InChI=1S/C9H13NO2S/c1-7-2-3-11-9(7)6-13-8-4-10-12-5-8/h2-3,8,10H,4-6H2,1H3. The Balaban J connectivity index is 1.82. The quantitative estimate of drug-likeness (QED) is 0.804. The van der Waals surface area contributed by atoms with Crippen LogP contribution in [0.15, 0.2) is 16.7 Å². The van der Waals surface area contributed by atoms with Crippen molar-refractivity contribution in [3.8, 4) is 0 Å². The molecule has 0 amide bonds. The van der Waals surface area contributed by atoms with Gasteiger partial charge in [-0.2, -0.15) is 0 Å². The summed E-state index contributed by atoms with van der Waals surface area (Å²) in [5.41, 5.74) is 4.10. The molecule has 1 aromatic rings. The summed E-state index contributed by atoms with van der Waals surface area (Å²) in [7, 11) is 0. The van der Waals surface area contributed by atoms with Gasteiger partial charge < -0.3 is 9.25 Å². The van der Waals surface area contributed by atoms with E-state index in [0.717, 1.165) is 24.7 Å². The van der Waals surface area contributed by atoms with Gasteiger partial charge >= 0.3 is 0 Å². The molecule has 1 fully saturated rings. The average Bonchev–Trinajstić information content (AvgIpc) is 2.72. The Labute approximate surface area is 81.8 Å². The van der Waals surface area contributed by atoms with Crippen LogP contribution in [0.5, 0.6) is 0 Å². The van der Waals surface area contributed by atoms with Gasteiger partial charge in [0.05, 0.1) is 18.6 Å². The van der Waals surface area contributed by atoms with E-state index in [9.17, 15) is 0 Å². The number of furan rings is 1. The second-order valence-electron chi connectivity index (χ2n) is 3.12. The maximum atomic E-state index is 5.34. The zero-order valence-electron chi connectivity index (χ0n) is 7.58. The summed E-state index contributed by atoms with van der Waals surface area (Å²) < 4.78 is 5.34. The Bertz CT molecular complexity index is 268. The first-order valence-corrected chi connectivity index (χ1v) is 5.40. The van der Waals surface area contributed by atoms with Crippen LogP contribution < -0.4 is 5.48 Å². The minimum atomic E-state index is 0.560. The number of hydrogen-bond acceptors (Lipinski definition) is 4. The summed E-state index contributed by atoms with van der Waals surface area (Å²) in [6, 6.07) is 2.00. The molecule has 1 aliphatic heterocycles. The second kappa shape index (κ2) is 4.17. The van der Waals surface area contributed by atoms with E-state index in [-0.39, 0.29) is 0 Å². The lowest BCUT2D eigenvalue weighted by molar-refractivity contribution is 0.103. The Hall–Kier alpha value is -0.450. The zero-order valence-corrected chi connectivity index (χ0v) is 8.39. The van der Waals surface area contributed by atoms with Crippen molar-refractivity contribution in [2.24, 2.45) is 0 Å². The lowest BCUT2D eigenvalue weighted by Crippen LogP contribution is -2.10. The maximum absolute atomic E-state index is 5.34. The van der Waals surface area contributed by atoms with Crippen LogP contribution in [0, 0.1) is 6.92 Å². The molecule has 3 nitrogen and oxygen atoms in total. The minimum Gasteiger partial charge on any atom is -0.468 e. The van der Waals surface area contributed by atoms with Crippen molar-refractivity contribution in [1.82, 2.24) is 5.48 Å². The van der Waals surface area contributed by atoms with Crippen LogP contribution in [0.4, 0.5) is 0 Å². The fraction of sp³-hybridized carbons (Fsp3) is 0.556. The summed E-state index contributed by atoms with van der Waals surface area (Å²) in [5.74, 6) is 2.02. The fourth-order valence-corrected chi connectivity index (χ4v) is 2.25. The van der Waals surface area contributed by atoms with E-state index >= 15 is 0 Å². The topological polar surface area (TPSA) is 34.4 Å². The van der Waals surface area contributed by atoms with Crippen LogP contribution in [-0.2, 0) is 10.6 Å². The summed E-state index contributed by atoms with van der Waals surface area (Å²) in [4.78, 5) is 5.06. The number of aryl methyl sites for hydroxylation is 1. The number of thioether (sulfide) groups is 1. The van der Waals surface area contributed by atoms with E-state index in [1.807, 2.05) is 17.8 Å². The molecule has 0 bridgehead atoms. The summed E-state index contributed by atoms with van der Waals surface area (Å²) in [5, 5.41) is 0.560. The van der Waals surface area contributed by atoms with E-state index in [2.05, 4.69) is 12.4 Å². The predicted octanol–water partition coefficient (Wildman–Crippen LogP) is 1.72. The van der Waals surface area contributed by atoms with Crippen LogP contribution >= 0.6 is 11.8 Å². The van der Waals surface area contributed by atoms with Crippen molar-refractivity contribution in [3.63, 3.8) is 0 Å². The number of hydroxylamine groups is 1. The Morgan fingerprint density at radius 3 is 3.23 bits per heavy atom. The largest absolute Gasteiger partial charge is 0.468 e. The third kappa shape index (κ3) is 2.27. The van der Waals surface area contributed by atoms with Crippen molar-refractivity contribution in [2.45, 2.75) is 17.9 Å². The van der Waals surface area contributed by atoms with Crippen LogP contribution in [0.1, 0.15) is 11.3 Å². The molecule has 1 saturated heterocycles. The Morgan fingerprint density at radius 2 is 2.62 bits per heavy atom. The molecule has 0 radical (unpaired) electrons. The number of nitrogens with one attached hydrogen (secondary N) is 1. The summed E-state index contributed by atoms with van der Waals surface area (Å²) in [6.07, 6.45) is 1.74. The molecule has 72 valence electrons. The molecule has 1 atom stereocenters. The first-order chi connectivity index (χ1) is 6.36. The molecule has 1 aliphatic rings. The van der Waals surface area contributed by atoms with Gasteiger partial charge in [0.15, 0.2) is 0 Å². The minimum absolute atomic E-state index is 0.560. The lowest BCUT2D eigenvalue weighted by atomic mass is 10.3. The highest BCUT2D eigenvalue weighted by Gasteiger charge is 2.16. The van der Waals surface area contributed by atoms with E-state index < -0.39 is 0 Å². The van der Waals surface area contributed by atoms with Gasteiger partial charge in [-0.05, 0) is 18.6 Å². The monoisotopic (exact) mass is 199 g/mol. The molecule has 0 aliphatic carbocycles. The molecule has 0 saturated carbocycles. The molecule has 1 aromatic heterocycles. The van der Waals surface area contributed by atoms with Gasteiger partial charge in [0.1, 0.15) is 5.76 Å². The second-order valence-corrected chi connectivity index (χ2v) is 4.41. The highest BCUT2D eigenvalue weighted by atomic mass is 32.2. The molecule has 2 heterocycles. The van der Waals surface area contributed by atoms with Crippen molar-refractivity contribution < 1.29 is 9.25 Å². The Morgan fingerprint density at radius 1 is 1.69 bits per heavy atom. The van der Waals surface area contributed by atoms with E-state index in [1.54, 1.807) is 6.26 Å². The molecule has 13 heavy (non-hydrogen) atoms. The van der Waals surface area contributed by atoms with Gasteiger partial charge in [-0.25, -0.2) is 5.48 Å². The normalized spacial score (nSPS) is 22.4. The van der Waals surface area contributed by atoms with Crippen LogP contribution in [0.3, 0.4) is 0 Å². The van der Waals surface area contributed by atoms with Gasteiger partial charge in [0.2, 0.25) is 0 Å². The highest BCUT2D eigenvalue weighted by molar-refractivity contribution is 7.99. The molecule has 4 heteroatoms. The number of hydrogen-bond donors (Lipinski definition) is 1. The first-order valence-electron chi connectivity index (χ1n) is 4.35. The fourth-order valence-electron chi connectivity index (χ4n) is 1.22. The van der Waals surface area contributed by atoms with Crippen molar-refractivity contribution in [3.05, 3.63) is 23.7 Å². The van der Waals surface area contributed by atoms with Gasteiger partial charge in [0, 0.05) is 11.8 Å². The van der Waals surface area contributed by atoms with Crippen LogP contribution in [0.25, 0.3) is 0 Å².